The van der Waals surface area contributed by atoms with Crippen LogP contribution in [0.2, 0.25) is 0 Å². The van der Waals surface area contributed by atoms with Gasteiger partial charge >= 0.3 is 0 Å². The highest BCUT2D eigenvalue weighted by Gasteiger charge is 2.13. The Hall–Kier alpha value is -4.05. The number of pyridine rings is 1. The van der Waals surface area contributed by atoms with Crippen molar-refractivity contribution in [1.82, 2.24) is 10.4 Å². The molecule has 4 aromatic rings. The van der Waals surface area contributed by atoms with Crippen molar-refractivity contribution in [1.29, 1.82) is 0 Å². The van der Waals surface area contributed by atoms with Crippen LogP contribution >= 0.6 is 0 Å². The van der Waals surface area contributed by atoms with Gasteiger partial charge in [-0.1, -0.05) is 84.9 Å². The zero-order chi connectivity index (χ0) is 20.8. The molecular weight excluding hydrogens is 370 g/mol. The fourth-order valence-electron chi connectivity index (χ4n) is 3.14. The zero-order valence-electron chi connectivity index (χ0n) is 16.6. The summed E-state index contributed by atoms with van der Waals surface area (Å²) in [5.74, 6) is -0.266. The second kappa shape index (κ2) is 8.97. The number of benzene rings is 3. The number of nitrogens with one attached hydrogen (secondary N) is 1. The molecule has 4 rings (SSSR count). The van der Waals surface area contributed by atoms with Gasteiger partial charge in [-0.25, -0.2) is 10.4 Å². The van der Waals surface area contributed by atoms with Gasteiger partial charge in [0, 0.05) is 10.9 Å². The second-order valence-electron chi connectivity index (χ2n) is 6.88. The summed E-state index contributed by atoms with van der Waals surface area (Å²) in [6.45, 7) is 1.85. The average molecular weight is 391 g/mol. The molecule has 0 saturated heterocycles. The van der Waals surface area contributed by atoms with Gasteiger partial charge in [0.25, 0.3) is 5.91 Å². The third-order valence-electron chi connectivity index (χ3n) is 4.68. The van der Waals surface area contributed by atoms with E-state index in [1.54, 1.807) is 0 Å². The molecule has 0 saturated carbocycles. The molecule has 3 aromatic carbocycles. The van der Waals surface area contributed by atoms with Crippen molar-refractivity contribution < 1.29 is 4.79 Å². The van der Waals surface area contributed by atoms with E-state index in [1.807, 2.05) is 110 Å². The molecule has 146 valence electrons. The number of para-hydroxylation sites is 1. The summed E-state index contributed by atoms with van der Waals surface area (Å²) in [4.78, 5) is 17.7. The molecule has 0 aliphatic heterocycles. The molecule has 1 N–H and O–H groups in total. The molecular formula is C26H21N3O. The Labute approximate surface area is 175 Å². The Balaban J connectivity index is 1.62. The summed E-state index contributed by atoms with van der Waals surface area (Å²) in [7, 11) is 0. The summed E-state index contributed by atoms with van der Waals surface area (Å²) >= 11 is 0. The van der Waals surface area contributed by atoms with Crippen LogP contribution in [0.5, 0.6) is 0 Å². The number of nitrogens with zero attached hydrogens (tertiary/aromatic N) is 2. The van der Waals surface area contributed by atoms with Gasteiger partial charge in [0.2, 0.25) is 0 Å². The van der Waals surface area contributed by atoms with E-state index < -0.39 is 0 Å². The number of hydrogen-bond acceptors (Lipinski definition) is 3. The topological polar surface area (TPSA) is 54.4 Å². The first kappa shape index (κ1) is 19.3. The second-order valence-corrected chi connectivity index (χ2v) is 6.88. The summed E-state index contributed by atoms with van der Waals surface area (Å²) in [6, 6.07) is 29.2. The van der Waals surface area contributed by atoms with Crippen LogP contribution in [0.4, 0.5) is 0 Å². The van der Waals surface area contributed by atoms with Crippen LogP contribution in [0, 0.1) is 0 Å². The summed E-state index contributed by atoms with van der Waals surface area (Å²) < 4.78 is 0. The number of aromatic nitrogens is 1. The van der Waals surface area contributed by atoms with Crippen LogP contribution in [-0.2, 0) is 0 Å². The quantitative estimate of drug-likeness (QED) is 0.349. The van der Waals surface area contributed by atoms with Crippen molar-refractivity contribution in [2.75, 3.05) is 0 Å². The first-order chi connectivity index (χ1) is 14.7. The number of hydrogen-bond donors (Lipinski definition) is 1. The van der Waals surface area contributed by atoms with E-state index in [4.69, 9.17) is 4.98 Å². The van der Waals surface area contributed by atoms with Crippen molar-refractivity contribution >= 4 is 28.6 Å². The third-order valence-corrected chi connectivity index (χ3v) is 4.68. The summed E-state index contributed by atoms with van der Waals surface area (Å²) in [5, 5.41) is 5.03. The molecule has 30 heavy (non-hydrogen) atoms. The van der Waals surface area contributed by atoms with E-state index in [1.165, 1.54) is 0 Å². The highest BCUT2D eigenvalue weighted by atomic mass is 16.2. The Kier molecular flexibility index (Phi) is 5.76. The SMILES string of the molecule is CC(/C=C/c1ccccc1)=N\NC(=O)c1cc(-c2ccccc2)nc2ccccc12. The van der Waals surface area contributed by atoms with Crippen LogP contribution in [0.1, 0.15) is 22.8 Å². The van der Waals surface area contributed by atoms with E-state index in [2.05, 4.69) is 10.5 Å². The number of carbonyl (C=O) groups excluding carboxylic acids is 1. The van der Waals surface area contributed by atoms with Crippen LogP contribution in [0.15, 0.2) is 102 Å². The van der Waals surface area contributed by atoms with Crippen molar-refractivity contribution in [3.63, 3.8) is 0 Å². The van der Waals surface area contributed by atoms with Gasteiger partial charge in [-0.15, -0.1) is 0 Å². The Morgan fingerprint density at radius 2 is 1.57 bits per heavy atom. The lowest BCUT2D eigenvalue weighted by Crippen LogP contribution is -2.19. The lowest BCUT2D eigenvalue weighted by Gasteiger charge is -2.09. The van der Waals surface area contributed by atoms with Crippen LogP contribution in [-0.4, -0.2) is 16.6 Å². The fraction of sp³-hybridized carbons (Fsp3) is 0.0385. The molecule has 0 radical (unpaired) electrons. The molecule has 1 aromatic heterocycles. The smallest absolute Gasteiger partial charge is 0.267 e. The lowest BCUT2D eigenvalue weighted by molar-refractivity contribution is 0.0956. The maximum absolute atomic E-state index is 13.0. The number of rotatable bonds is 5. The minimum atomic E-state index is -0.266. The lowest BCUT2D eigenvalue weighted by atomic mass is 10.0. The molecule has 1 heterocycles. The number of hydrazone groups is 1. The minimum Gasteiger partial charge on any atom is -0.267 e. The minimum absolute atomic E-state index is 0.266. The van der Waals surface area contributed by atoms with E-state index >= 15 is 0 Å². The van der Waals surface area contributed by atoms with Gasteiger partial charge in [0.15, 0.2) is 0 Å². The van der Waals surface area contributed by atoms with Crippen molar-refractivity contribution in [2.24, 2.45) is 5.10 Å². The molecule has 0 atom stereocenters. The van der Waals surface area contributed by atoms with Gasteiger partial charge < -0.3 is 0 Å². The molecule has 4 heteroatoms. The molecule has 0 aliphatic rings. The van der Waals surface area contributed by atoms with Crippen LogP contribution in [0.25, 0.3) is 28.2 Å². The normalized spacial score (nSPS) is 11.7. The van der Waals surface area contributed by atoms with E-state index in [-0.39, 0.29) is 5.91 Å². The van der Waals surface area contributed by atoms with Crippen molar-refractivity contribution in [2.45, 2.75) is 6.92 Å². The van der Waals surface area contributed by atoms with Gasteiger partial charge in [-0.2, -0.15) is 5.10 Å². The molecule has 0 unspecified atom stereocenters. The van der Waals surface area contributed by atoms with Crippen LogP contribution in [0.3, 0.4) is 0 Å². The average Bonchev–Trinajstić information content (AvgIpc) is 2.81. The molecule has 0 fully saturated rings. The molecule has 1 amide bonds. The number of carbonyl (C=O) groups is 1. The monoisotopic (exact) mass is 391 g/mol. The first-order valence-corrected chi connectivity index (χ1v) is 9.74. The van der Waals surface area contributed by atoms with Crippen LogP contribution < -0.4 is 5.43 Å². The first-order valence-electron chi connectivity index (χ1n) is 9.74. The predicted octanol–water partition coefficient (Wildman–Crippen LogP) is 5.72. The van der Waals surface area contributed by atoms with Gasteiger partial charge in [0.1, 0.15) is 0 Å². The Morgan fingerprint density at radius 1 is 0.900 bits per heavy atom. The van der Waals surface area contributed by atoms with Gasteiger partial charge in [0.05, 0.1) is 22.5 Å². The van der Waals surface area contributed by atoms with Crippen molar-refractivity contribution in [3.8, 4) is 11.3 Å². The third kappa shape index (κ3) is 4.50. The van der Waals surface area contributed by atoms with E-state index in [9.17, 15) is 4.79 Å². The maximum Gasteiger partial charge on any atom is 0.272 e. The molecule has 0 bridgehead atoms. The predicted molar refractivity (Wildman–Crippen MR) is 123 cm³/mol. The highest BCUT2D eigenvalue weighted by molar-refractivity contribution is 6.07. The maximum atomic E-state index is 13.0. The molecule has 0 spiro atoms. The highest BCUT2D eigenvalue weighted by Crippen LogP contribution is 2.24. The largest absolute Gasteiger partial charge is 0.272 e. The zero-order valence-corrected chi connectivity index (χ0v) is 16.6. The molecule has 4 nitrogen and oxygen atoms in total. The Morgan fingerprint density at radius 3 is 2.33 bits per heavy atom. The number of amides is 1. The number of fused-ring (bicyclic) bond motifs is 1. The van der Waals surface area contributed by atoms with E-state index in [0.29, 0.717) is 11.3 Å². The van der Waals surface area contributed by atoms with Crippen molar-refractivity contribution in [3.05, 3.63) is 108 Å². The molecule has 0 aliphatic carbocycles. The van der Waals surface area contributed by atoms with Gasteiger partial charge in [-0.3, -0.25) is 4.79 Å². The summed E-state index contributed by atoms with van der Waals surface area (Å²) in [5.41, 5.74) is 7.48. The van der Waals surface area contributed by atoms with Gasteiger partial charge in [-0.05, 0) is 30.7 Å². The Bertz CT molecular complexity index is 1230. The fourth-order valence-corrected chi connectivity index (χ4v) is 3.14. The standard InChI is InChI=1S/C26H21N3O/c1-19(16-17-20-10-4-2-5-11-20)28-29-26(30)23-18-25(21-12-6-3-7-13-21)27-24-15-9-8-14-22(23)24/h2-18H,1H3,(H,29,30)/b17-16+,28-19+. The van der Waals surface area contributed by atoms with E-state index in [0.717, 1.165) is 27.7 Å². The number of allylic oxidation sites excluding steroid dienone is 1. The summed E-state index contributed by atoms with van der Waals surface area (Å²) in [6.07, 6.45) is 3.83.